The first kappa shape index (κ1) is 12.5. The Labute approximate surface area is 114 Å². The van der Waals surface area contributed by atoms with Gasteiger partial charge in [-0.1, -0.05) is 6.07 Å². The molecule has 0 radical (unpaired) electrons. The zero-order chi connectivity index (χ0) is 13.6. The van der Waals surface area contributed by atoms with Crippen molar-refractivity contribution in [2.45, 2.75) is 32.4 Å². The Balaban J connectivity index is 2.19. The minimum atomic E-state index is 0.0210. The maximum atomic E-state index is 12.0. The van der Waals surface area contributed by atoms with Crippen LogP contribution in [0.15, 0.2) is 12.1 Å². The van der Waals surface area contributed by atoms with Crippen LogP contribution in [0, 0.1) is 0 Å². The molecule has 0 spiro atoms. The summed E-state index contributed by atoms with van der Waals surface area (Å²) in [5.41, 5.74) is 4.74. The van der Waals surface area contributed by atoms with Gasteiger partial charge in [0.25, 0.3) is 5.91 Å². The van der Waals surface area contributed by atoms with Crippen LogP contribution in [0.1, 0.15) is 35.3 Å². The third-order valence-corrected chi connectivity index (χ3v) is 4.28. The summed E-state index contributed by atoms with van der Waals surface area (Å²) < 4.78 is 0. The Morgan fingerprint density at radius 3 is 2.95 bits per heavy atom. The van der Waals surface area contributed by atoms with Gasteiger partial charge in [-0.15, -0.1) is 0 Å². The second kappa shape index (κ2) is 4.23. The average Bonchev–Trinajstić information content (AvgIpc) is 2.54. The average molecular weight is 259 g/mol. The van der Waals surface area contributed by atoms with Crippen molar-refractivity contribution in [3.63, 3.8) is 0 Å². The number of anilines is 1. The van der Waals surface area contributed by atoms with Gasteiger partial charge in [0, 0.05) is 43.5 Å². The molecule has 0 bridgehead atoms. The van der Waals surface area contributed by atoms with Gasteiger partial charge in [-0.3, -0.25) is 4.79 Å². The molecule has 0 saturated carbocycles. The second-order valence-corrected chi connectivity index (χ2v) is 6.00. The zero-order valence-electron chi connectivity index (χ0n) is 11.8. The Kier molecular flexibility index (Phi) is 2.78. The molecule has 0 fully saturated rings. The summed E-state index contributed by atoms with van der Waals surface area (Å²) in [7, 11) is 1.69. The molecule has 1 aromatic carbocycles. The van der Waals surface area contributed by atoms with E-state index in [1.165, 1.54) is 16.8 Å². The lowest BCUT2D eigenvalue weighted by Crippen LogP contribution is -2.43. The first-order valence-electron chi connectivity index (χ1n) is 6.90. The van der Waals surface area contributed by atoms with Crippen LogP contribution in [0.25, 0.3) is 0 Å². The Hall–Kier alpha value is -1.55. The molecule has 3 rings (SSSR count). The SMILES string of the molecule is CNC(=O)c1ccc2c3c1CC(C)(C)N3CCNC2. The van der Waals surface area contributed by atoms with Gasteiger partial charge in [-0.2, -0.15) is 0 Å². The Morgan fingerprint density at radius 2 is 2.21 bits per heavy atom. The topological polar surface area (TPSA) is 44.4 Å². The fraction of sp³-hybridized carbons (Fsp3) is 0.533. The zero-order valence-corrected chi connectivity index (χ0v) is 11.8. The maximum absolute atomic E-state index is 12.0. The minimum Gasteiger partial charge on any atom is -0.364 e. The number of carbonyl (C=O) groups is 1. The maximum Gasteiger partial charge on any atom is 0.251 e. The van der Waals surface area contributed by atoms with Crippen molar-refractivity contribution in [2.75, 3.05) is 25.0 Å². The summed E-state index contributed by atoms with van der Waals surface area (Å²) in [6.07, 6.45) is 0.943. The molecule has 0 aliphatic carbocycles. The minimum absolute atomic E-state index is 0.0210. The Bertz CT molecular complexity index is 536. The molecule has 0 aromatic heterocycles. The lowest BCUT2D eigenvalue weighted by molar-refractivity contribution is 0.0962. The van der Waals surface area contributed by atoms with Crippen LogP contribution in [0.4, 0.5) is 5.69 Å². The molecule has 1 amide bonds. The molecule has 102 valence electrons. The van der Waals surface area contributed by atoms with Gasteiger partial charge in [0.2, 0.25) is 0 Å². The summed E-state index contributed by atoms with van der Waals surface area (Å²) >= 11 is 0. The van der Waals surface area contributed by atoms with E-state index in [0.717, 1.165) is 31.6 Å². The van der Waals surface area contributed by atoms with Gasteiger partial charge in [0.1, 0.15) is 0 Å². The third-order valence-electron chi connectivity index (χ3n) is 4.28. The highest BCUT2D eigenvalue weighted by Crippen LogP contribution is 2.43. The number of amides is 1. The van der Waals surface area contributed by atoms with Gasteiger partial charge in [-0.25, -0.2) is 0 Å². The molecule has 4 heteroatoms. The number of carbonyl (C=O) groups excluding carboxylic acids is 1. The smallest absolute Gasteiger partial charge is 0.251 e. The van der Waals surface area contributed by atoms with E-state index in [1.807, 2.05) is 6.07 Å². The Morgan fingerprint density at radius 1 is 1.42 bits per heavy atom. The summed E-state index contributed by atoms with van der Waals surface area (Å²) in [6.45, 7) is 7.41. The molecule has 2 N–H and O–H groups in total. The summed E-state index contributed by atoms with van der Waals surface area (Å²) in [5, 5.41) is 6.20. The van der Waals surface area contributed by atoms with Crippen molar-refractivity contribution in [2.24, 2.45) is 0 Å². The summed E-state index contributed by atoms with van der Waals surface area (Å²) in [5.74, 6) is 0.0210. The normalized spacial score (nSPS) is 19.8. The van der Waals surface area contributed by atoms with Crippen molar-refractivity contribution >= 4 is 11.6 Å². The first-order valence-corrected chi connectivity index (χ1v) is 6.90. The van der Waals surface area contributed by atoms with E-state index in [9.17, 15) is 4.79 Å². The monoisotopic (exact) mass is 259 g/mol. The fourth-order valence-corrected chi connectivity index (χ4v) is 3.35. The number of nitrogens with zero attached hydrogens (tertiary/aromatic N) is 1. The lowest BCUT2D eigenvalue weighted by Gasteiger charge is -2.33. The summed E-state index contributed by atoms with van der Waals surface area (Å²) in [6, 6.07) is 4.07. The van der Waals surface area contributed by atoms with E-state index >= 15 is 0 Å². The van der Waals surface area contributed by atoms with Crippen LogP contribution >= 0.6 is 0 Å². The van der Waals surface area contributed by atoms with Crippen LogP contribution in [-0.2, 0) is 13.0 Å². The van der Waals surface area contributed by atoms with Crippen LogP contribution in [0.3, 0.4) is 0 Å². The van der Waals surface area contributed by atoms with E-state index in [0.29, 0.717) is 0 Å². The van der Waals surface area contributed by atoms with Crippen LogP contribution in [0.2, 0.25) is 0 Å². The highest BCUT2D eigenvalue weighted by atomic mass is 16.1. The van der Waals surface area contributed by atoms with Crippen LogP contribution < -0.4 is 15.5 Å². The molecule has 19 heavy (non-hydrogen) atoms. The number of hydrogen-bond donors (Lipinski definition) is 2. The van der Waals surface area contributed by atoms with Crippen molar-refractivity contribution in [1.82, 2.24) is 10.6 Å². The molecule has 0 unspecified atom stereocenters. The summed E-state index contributed by atoms with van der Waals surface area (Å²) in [4.78, 5) is 14.5. The molecule has 1 aromatic rings. The number of benzene rings is 1. The number of hydrogen-bond acceptors (Lipinski definition) is 3. The highest BCUT2D eigenvalue weighted by Gasteiger charge is 2.39. The predicted octanol–water partition coefficient (Wildman–Crippen LogP) is 1.29. The molecular formula is C15H21N3O. The van der Waals surface area contributed by atoms with Gasteiger partial charge >= 0.3 is 0 Å². The number of rotatable bonds is 1. The molecule has 4 nitrogen and oxygen atoms in total. The first-order chi connectivity index (χ1) is 9.04. The van der Waals surface area contributed by atoms with Crippen molar-refractivity contribution in [3.05, 3.63) is 28.8 Å². The third kappa shape index (κ3) is 1.82. The molecular weight excluding hydrogens is 238 g/mol. The second-order valence-electron chi connectivity index (χ2n) is 6.00. The molecule has 0 atom stereocenters. The quantitative estimate of drug-likeness (QED) is 0.799. The van der Waals surface area contributed by atoms with Crippen LogP contribution in [-0.4, -0.2) is 31.6 Å². The highest BCUT2D eigenvalue weighted by molar-refractivity contribution is 5.98. The fourth-order valence-electron chi connectivity index (χ4n) is 3.35. The van der Waals surface area contributed by atoms with Crippen molar-refractivity contribution in [1.29, 1.82) is 0 Å². The van der Waals surface area contributed by atoms with E-state index < -0.39 is 0 Å². The van der Waals surface area contributed by atoms with Crippen molar-refractivity contribution < 1.29 is 4.79 Å². The van der Waals surface area contributed by atoms with Gasteiger partial charge in [0.15, 0.2) is 0 Å². The van der Waals surface area contributed by atoms with Crippen LogP contribution in [0.5, 0.6) is 0 Å². The number of nitrogens with one attached hydrogen (secondary N) is 2. The molecule has 2 heterocycles. The van der Waals surface area contributed by atoms with Crippen molar-refractivity contribution in [3.8, 4) is 0 Å². The van der Waals surface area contributed by atoms with E-state index in [2.05, 4.69) is 35.4 Å². The van der Waals surface area contributed by atoms with E-state index in [1.54, 1.807) is 7.05 Å². The van der Waals surface area contributed by atoms with Gasteiger partial charge in [0.05, 0.1) is 0 Å². The lowest BCUT2D eigenvalue weighted by atomic mass is 9.94. The van der Waals surface area contributed by atoms with Gasteiger partial charge < -0.3 is 15.5 Å². The standard InChI is InChI=1S/C15H21N3O/c1-15(2)8-12-11(14(19)16-3)5-4-10-9-17-6-7-18(15)13(10)12/h4-5,17H,6-9H2,1-3H3,(H,16,19). The largest absolute Gasteiger partial charge is 0.364 e. The molecule has 2 aliphatic rings. The predicted molar refractivity (Wildman–Crippen MR) is 76.7 cm³/mol. The van der Waals surface area contributed by atoms with E-state index in [-0.39, 0.29) is 11.4 Å². The van der Waals surface area contributed by atoms with E-state index in [4.69, 9.17) is 0 Å². The van der Waals surface area contributed by atoms with Gasteiger partial charge in [-0.05, 0) is 37.5 Å². The molecule has 2 aliphatic heterocycles. The molecule has 0 saturated heterocycles.